The van der Waals surface area contributed by atoms with E-state index in [0.29, 0.717) is 6.54 Å². The Morgan fingerprint density at radius 2 is 2.00 bits per heavy atom. The van der Waals surface area contributed by atoms with Crippen LogP contribution in [0.3, 0.4) is 0 Å². The van der Waals surface area contributed by atoms with Gasteiger partial charge in [-0.1, -0.05) is 20.8 Å². The van der Waals surface area contributed by atoms with Gasteiger partial charge in [0.1, 0.15) is 6.04 Å². The molecule has 82 valence electrons. The number of primary amides is 1. The van der Waals surface area contributed by atoms with E-state index in [1.54, 1.807) is 0 Å². The highest BCUT2D eigenvalue weighted by Gasteiger charge is 2.19. The summed E-state index contributed by atoms with van der Waals surface area (Å²) in [7, 11) is 0. The van der Waals surface area contributed by atoms with Crippen molar-refractivity contribution in [2.24, 2.45) is 22.4 Å². The Hall–Kier alpha value is -1.26. The first-order valence-corrected chi connectivity index (χ1v) is 4.84. The molecule has 5 heteroatoms. The fourth-order valence-electron chi connectivity index (χ4n) is 1.00. The van der Waals surface area contributed by atoms with Crippen LogP contribution in [0.4, 0.5) is 0 Å². The summed E-state index contributed by atoms with van der Waals surface area (Å²) in [4.78, 5) is 15.0. The third-order valence-electron chi connectivity index (χ3n) is 1.78. The molecule has 0 radical (unpaired) electrons. The normalized spacial score (nSPS) is 14.1. The van der Waals surface area contributed by atoms with Crippen LogP contribution in [0.5, 0.6) is 0 Å². The van der Waals surface area contributed by atoms with Crippen molar-refractivity contribution in [3.05, 3.63) is 0 Å². The van der Waals surface area contributed by atoms with Gasteiger partial charge in [0.2, 0.25) is 5.91 Å². The Balaban J connectivity index is 4.23. The van der Waals surface area contributed by atoms with E-state index >= 15 is 0 Å². The molecule has 5 nitrogen and oxygen atoms in total. The van der Waals surface area contributed by atoms with Gasteiger partial charge in [-0.3, -0.25) is 9.79 Å². The van der Waals surface area contributed by atoms with Crippen LogP contribution in [0.1, 0.15) is 27.2 Å². The van der Waals surface area contributed by atoms with Crippen LogP contribution in [0.25, 0.3) is 0 Å². The number of carbonyl (C=O) groups is 1. The Kier molecular flexibility index (Phi) is 5.67. The number of carbonyl (C=O) groups excluding carboxylic acids is 1. The van der Waals surface area contributed by atoms with E-state index in [-0.39, 0.29) is 11.9 Å². The number of guanidine groups is 1. The molecule has 0 aromatic carbocycles. The molecule has 0 aliphatic heterocycles. The van der Waals surface area contributed by atoms with E-state index in [2.05, 4.69) is 10.3 Å². The fourth-order valence-corrected chi connectivity index (χ4v) is 1.00. The van der Waals surface area contributed by atoms with Crippen LogP contribution in [-0.4, -0.2) is 24.5 Å². The maximum absolute atomic E-state index is 11.0. The minimum atomic E-state index is -0.449. The summed E-state index contributed by atoms with van der Waals surface area (Å²) >= 11 is 0. The third kappa shape index (κ3) is 4.69. The molecule has 0 heterocycles. The smallest absolute Gasteiger partial charge is 0.240 e. The Labute approximate surface area is 84.9 Å². The van der Waals surface area contributed by atoms with E-state index < -0.39 is 11.9 Å². The lowest BCUT2D eigenvalue weighted by molar-refractivity contribution is -0.120. The Morgan fingerprint density at radius 3 is 2.36 bits per heavy atom. The van der Waals surface area contributed by atoms with Crippen molar-refractivity contribution in [2.45, 2.75) is 33.2 Å². The van der Waals surface area contributed by atoms with Crippen molar-refractivity contribution >= 4 is 11.9 Å². The lowest BCUT2D eigenvalue weighted by Gasteiger charge is -2.19. The highest BCUT2D eigenvalue weighted by Crippen LogP contribution is 1.99. The van der Waals surface area contributed by atoms with Gasteiger partial charge in [0.05, 0.1) is 0 Å². The predicted molar refractivity (Wildman–Crippen MR) is 57.7 cm³/mol. The van der Waals surface area contributed by atoms with Crippen LogP contribution >= 0.6 is 0 Å². The molecule has 0 rings (SSSR count). The fraction of sp³-hybridized carbons (Fsp3) is 0.778. The third-order valence-corrected chi connectivity index (χ3v) is 1.78. The highest BCUT2D eigenvalue weighted by molar-refractivity contribution is 5.87. The summed E-state index contributed by atoms with van der Waals surface area (Å²) in [6, 6.07) is -0.449. The number of rotatable bonds is 5. The quantitative estimate of drug-likeness (QED) is 0.424. The SMILES string of the molecule is CCCN=C(N)NC(C(N)=O)C(C)C. The molecule has 0 bridgehead atoms. The second kappa shape index (κ2) is 6.23. The minimum absolute atomic E-state index is 0.0999. The van der Waals surface area contributed by atoms with Crippen molar-refractivity contribution in [1.29, 1.82) is 0 Å². The van der Waals surface area contributed by atoms with E-state index in [4.69, 9.17) is 11.5 Å². The zero-order chi connectivity index (χ0) is 11.1. The lowest BCUT2D eigenvalue weighted by Crippen LogP contribution is -2.50. The van der Waals surface area contributed by atoms with Gasteiger partial charge in [-0.15, -0.1) is 0 Å². The number of aliphatic imine (C=N–C) groups is 1. The van der Waals surface area contributed by atoms with E-state index in [0.717, 1.165) is 6.42 Å². The van der Waals surface area contributed by atoms with Gasteiger partial charge < -0.3 is 16.8 Å². The molecule has 0 fully saturated rings. The molecule has 5 N–H and O–H groups in total. The van der Waals surface area contributed by atoms with Crippen molar-refractivity contribution in [1.82, 2.24) is 5.32 Å². The molecule has 0 saturated carbocycles. The number of amides is 1. The first-order valence-electron chi connectivity index (χ1n) is 4.84. The molecule has 0 aromatic rings. The first-order chi connectivity index (χ1) is 6.49. The van der Waals surface area contributed by atoms with Crippen molar-refractivity contribution in [2.75, 3.05) is 6.54 Å². The molecule has 0 aromatic heterocycles. The maximum Gasteiger partial charge on any atom is 0.240 e. The van der Waals surface area contributed by atoms with Crippen molar-refractivity contribution in [3.63, 3.8) is 0 Å². The van der Waals surface area contributed by atoms with Crippen LogP contribution in [0, 0.1) is 5.92 Å². The van der Waals surface area contributed by atoms with Crippen LogP contribution in [0.15, 0.2) is 4.99 Å². The molecule has 1 amide bonds. The van der Waals surface area contributed by atoms with Crippen molar-refractivity contribution < 1.29 is 4.79 Å². The average molecular weight is 200 g/mol. The number of hydrogen-bond acceptors (Lipinski definition) is 2. The molecular weight excluding hydrogens is 180 g/mol. The van der Waals surface area contributed by atoms with Gasteiger partial charge >= 0.3 is 0 Å². The minimum Gasteiger partial charge on any atom is -0.370 e. The Bertz CT molecular complexity index is 213. The van der Waals surface area contributed by atoms with Crippen LogP contribution in [-0.2, 0) is 4.79 Å². The number of nitrogens with two attached hydrogens (primary N) is 2. The Morgan fingerprint density at radius 1 is 1.43 bits per heavy atom. The maximum atomic E-state index is 11.0. The molecule has 1 atom stereocenters. The largest absolute Gasteiger partial charge is 0.370 e. The molecule has 1 unspecified atom stereocenters. The summed E-state index contributed by atoms with van der Waals surface area (Å²) in [5.41, 5.74) is 10.8. The molecule has 0 spiro atoms. The van der Waals surface area contributed by atoms with Gasteiger partial charge in [-0.2, -0.15) is 0 Å². The summed E-state index contributed by atoms with van der Waals surface area (Å²) in [5.74, 6) is -0.0260. The number of nitrogens with zero attached hydrogens (tertiary/aromatic N) is 1. The van der Waals surface area contributed by atoms with Crippen molar-refractivity contribution in [3.8, 4) is 0 Å². The highest BCUT2D eigenvalue weighted by atomic mass is 16.1. The first kappa shape index (κ1) is 12.7. The second-order valence-corrected chi connectivity index (χ2v) is 3.54. The average Bonchev–Trinajstić information content (AvgIpc) is 2.09. The zero-order valence-corrected chi connectivity index (χ0v) is 9.08. The second-order valence-electron chi connectivity index (χ2n) is 3.54. The predicted octanol–water partition coefficient (Wildman–Crippen LogP) is -0.189. The molecule has 14 heavy (non-hydrogen) atoms. The van der Waals surface area contributed by atoms with E-state index in [9.17, 15) is 4.79 Å². The van der Waals surface area contributed by atoms with Gasteiger partial charge in [0, 0.05) is 6.54 Å². The monoisotopic (exact) mass is 200 g/mol. The van der Waals surface area contributed by atoms with E-state index in [1.807, 2.05) is 20.8 Å². The molecule has 0 aliphatic carbocycles. The van der Waals surface area contributed by atoms with Gasteiger partial charge in [-0.25, -0.2) is 0 Å². The summed E-state index contributed by atoms with van der Waals surface area (Å²) in [5, 5.41) is 2.80. The number of hydrogen-bond donors (Lipinski definition) is 3. The van der Waals surface area contributed by atoms with Gasteiger partial charge in [-0.05, 0) is 12.3 Å². The van der Waals surface area contributed by atoms with Gasteiger partial charge in [0.25, 0.3) is 0 Å². The zero-order valence-electron chi connectivity index (χ0n) is 9.08. The molecular formula is C9H20N4O. The lowest BCUT2D eigenvalue weighted by atomic mass is 10.0. The van der Waals surface area contributed by atoms with Crippen LogP contribution < -0.4 is 16.8 Å². The molecule has 0 saturated heterocycles. The molecule has 0 aliphatic rings. The summed E-state index contributed by atoms with van der Waals surface area (Å²) in [6.45, 7) is 6.46. The standard InChI is InChI=1S/C9H20N4O/c1-4-5-12-9(11)13-7(6(2)3)8(10)14/h6-7H,4-5H2,1-3H3,(H2,10,14)(H3,11,12,13). The topological polar surface area (TPSA) is 93.5 Å². The van der Waals surface area contributed by atoms with E-state index in [1.165, 1.54) is 0 Å². The van der Waals surface area contributed by atoms with Gasteiger partial charge in [0.15, 0.2) is 5.96 Å². The summed E-state index contributed by atoms with van der Waals surface area (Å²) in [6.07, 6.45) is 0.922. The van der Waals surface area contributed by atoms with Crippen LogP contribution in [0.2, 0.25) is 0 Å². The number of nitrogens with one attached hydrogen (secondary N) is 1. The summed E-state index contributed by atoms with van der Waals surface area (Å²) < 4.78 is 0.